The highest BCUT2D eigenvalue weighted by atomic mass is 19.1. The second-order valence-electron chi connectivity index (χ2n) is 9.50. The number of nitrogens with zero attached hydrogens (tertiary/aromatic N) is 4. The molecule has 7 nitrogen and oxygen atoms in total. The molecule has 2 atom stereocenters. The van der Waals surface area contributed by atoms with Gasteiger partial charge in [0.25, 0.3) is 11.6 Å². The Morgan fingerprint density at radius 3 is 2.58 bits per heavy atom. The van der Waals surface area contributed by atoms with E-state index in [2.05, 4.69) is 19.9 Å². The van der Waals surface area contributed by atoms with Crippen molar-refractivity contribution in [1.82, 2.24) is 9.80 Å². The standard InChI is InChI=1S/C25H28FN4O3/c1-14(2)18-11-20(16-5-7-17(26)8-6-16)30-12-19(27-23(18)30)24(31)28-9-10-29-21(13-28)33-22(15(3)4)25(29)32/h5-8,11-12,14-15,21-22H,9-10,13H2,1-4H3/q+1. The highest BCUT2D eigenvalue weighted by Crippen LogP contribution is 2.30. The van der Waals surface area contributed by atoms with Crippen LogP contribution in [0.15, 0.2) is 52.8 Å². The normalized spacial score (nSPS) is 24.5. The van der Waals surface area contributed by atoms with Crippen LogP contribution >= 0.6 is 0 Å². The predicted octanol–water partition coefficient (Wildman–Crippen LogP) is 2.53. The van der Waals surface area contributed by atoms with E-state index in [0.29, 0.717) is 25.3 Å². The van der Waals surface area contributed by atoms with Gasteiger partial charge in [0.05, 0.1) is 12.1 Å². The Kier molecular flexibility index (Phi) is 5.28. The van der Waals surface area contributed by atoms with E-state index in [4.69, 9.17) is 9.73 Å². The number of fused-ring (bicyclic) bond motifs is 2. The van der Waals surface area contributed by atoms with E-state index in [1.807, 2.05) is 18.4 Å². The fourth-order valence-electron chi connectivity index (χ4n) is 4.72. The van der Waals surface area contributed by atoms with Crippen LogP contribution in [0.25, 0.3) is 0 Å². The van der Waals surface area contributed by atoms with Crippen molar-refractivity contribution < 1.29 is 23.3 Å². The van der Waals surface area contributed by atoms with Crippen LogP contribution in [0.4, 0.5) is 4.39 Å². The minimum absolute atomic E-state index is 0.00770. The summed E-state index contributed by atoms with van der Waals surface area (Å²) in [5.74, 6) is 0.569. The molecule has 2 amide bonds. The van der Waals surface area contributed by atoms with Crippen LogP contribution in [0.2, 0.25) is 0 Å². The lowest BCUT2D eigenvalue weighted by Gasteiger charge is -2.35. The van der Waals surface area contributed by atoms with Crippen molar-refractivity contribution in [1.29, 1.82) is 0 Å². The zero-order valence-electron chi connectivity index (χ0n) is 19.3. The fourth-order valence-corrected chi connectivity index (χ4v) is 4.72. The molecule has 2 saturated heterocycles. The summed E-state index contributed by atoms with van der Waals surface area (Å²) in [6, 6.07) is 6.32. The summed E-state index contributed by atoms with van der Waals surface area (Å²) in [5.41, 5.74) is 3.11. The number of halogens is 1. The Balaban J connectivity index is 1.41. The first-order valence-corrected chi connectivity index (χ1v) is 11.4. The number of ether oxygens (including phenoxy) is 1. The molecule has 0 bridgehead atoms. The number of benzene rings is 1. The van der Waals surface area contributed by atoms with E-state index in [9.17, 15) is 14.0 Å². The Morgan fingerprint density at radius 1 is 1.18 bits per heavy atom. The number of carbonyl (C=O) groups excluding carboxylic acids is 2. The lowest BCUT2D eigenvalue weighted by molar-refractivity contribution is -0.315. The summed E-state index contributed by atoms with van der Waals surface area (Å²) in [6.45, 7) is 9.32. The van der Waals surface area contributed by atoms with Gasteiger partial charge in [-0.1, -0.05) is 27.7 Å². The number of aliphatic imine (C=N–C) groups is 1. The molecule has 1 aromatic carbocycles. The van der Waals surface area contributed by atoms with Crippen molar-refractivity contribution in [2.45, 2.75) is 40.0 Å². The summed E-state index contributed by atoms with van der Waals surface area (Å²) >= 11 is 0. The molecular formula is C25H28FN4O3+. The summed E-state index contributed by atoms with van der Waals surface area (Å²) < 4.78 is 21.3. The lowest BCUT2D eigenvalue weighted by atomic mass is 10.0. The number of allylic oxidation sites excluding steroid dienone is 1. The molecular weight excluding hydrogens is 423 g/mol. The van der Waals surface area contributed by atoms with Gasteiger partial charge in [0.2, 0.25) is 0 Å². The van der Waals surface area contributed by atoms with Crippen LogP contribution in [0.1, 0.15) is 33.3 Å². The van der Waals surface area contributed by atoms with Gasteiger partial charge in [-0.05, 0) is 47.2 Å². The van der Waals surface area contributed by atoms with Crippen molar-refractivity contribution in [2.24, 2.45) is 16.8 Å². The Labute approximate surface area is 192 Å². The zero-order chi connectivity index (χ0) is 23.4. The van der Waals surface area contributed by atoms with Crippen LogP contribution in [0.5, 0.6) is 0 Å². The van der Waals surface area contributed by atoms with Gasteiger partial charge < -0.3 is 14.5 Å². The van der Waals surface area contributed by atoms with E-state index in [1.54, 1.807) is 28.1 Å². The molecule has 0 saturated carbocycles. The highest BCUT2D eigenvalue weighted by molar-refractivity contribution is 6.18. The molecule has 0 spiro atoms. The maximum atomic E-state index is 13.4. The summed E-state index contributed by atoms with van der Waals surface area (Å²) in [5, 5.41) is 0. The molecule has 2 unspecified atom stereocenters. The van der Waals surface area contributed by atoms with Gasteiger partial charge in [-0.15, -0.1) is 0 Å². The number of amides is 2. The second-order valence-corrected chi connectivity index (χ2v) is 9.50. The van der Waals surface area contributed by atoms with Crippen LogP contribution in [0, 0.1) is 17.7 Å². The molecule has 5 rings (SSSR count). The molecule has 0 N–H and O–H groups in total. The average Bonchev–Trinajstić information content (AvgIpc) is 3.45. The van der Waals surface area contributed by atoms with Crippen molar-refractivity contribution >= 4 is 23.4 Å². The molecule has 4 aliphatic heterocycles. The Bertz CT molecular complexity index is 1150. The molecule has 0 aromatic heterocycles. The van der Waals surface area contributed by atoms with E-state index >= 15 is 0 Å². The molecule has 8 heteroatoms. The van der Waals surface area contributed by atoms with Crippen LogP contribution in [-0.2, 0) is 14.3 Å². The molecule has 172 valence electrons. The number of hydrogen-bond acceptors (Lipinski definition) is 4. The minimum Gasteiger partial charge on any atom is -0.343 e. The zero-order valence-corrected chi connectivity index (χ0v) is 19.3. The maximum absolute atomic E-state index is 13.4. The first-order chi connectivity index (χ1) is 15.7. The van der Waals surface area contributed by atoms with Crippen molar-refractivity contribution in [3.63, 3.8) is 0 Å². The van der Waals surface area contributed by atoms with E-state index in [1.165, 1.54) is 12.1 Å². The smallest absolute Gasteiger partial charge is 0.332 e. The average molecular weight is 452 g/mol. The van der Waals surface area contributed by atoms with Crippen LogP contribution in [0.3, 0.4) is 0 Å². The summed E-state index contributed by atoms with van der Waals surface area (Å²) in [7, 11) is 0. The molecule has 0 radical (unpaired) electrons. The molecule has 4 aliphatic rings. The van der Waals surface area contributed by atoms with Gasteiger partial charge in [0.1, 0.15) is 17.6 Å². The highest BCUT2D eigenvalue weighted by Gasteiger charge is 2.47. The number of piperazine rings is 1. The first-order valence-electron chi connectivity index (χ1n) is 11.4. The van der Waals surface area contributed by atoms with Crippen LogP contribution in [-0.4, -0.2) is 69.7 Å². The first kappa shape index (κ1) is 21.7. The Hall–Kier alpha value is -3.13. The number of carbonyl (C=O) groups is 2. The fraction of sp³-hybridized carbons (Fsp3) is 0.440. The lowest BCUT2D eigenvalue weighted by Crippen LogP contribution is -2.53. The molecule has 2 fully saturated rings. The molecule has 1 aromatic rings. The van der Waals surface area contributed by atoms with Crippen molar-refractivity contribution in [3.05, 3.63) is 59.2 Å². The SMILES string of the molecule is CC(C)C1=CC(c2ccc(F)cc2)=[N+]2C=C(C(=O)N3CCN4C(=O)C(C(C)C)OC4C3)N=C12. The number of amidine groups is 1. The number of hydrogen-bond donors (Lipinski definition) is 0. The summed E-state index contributed by atoms with van der Waals surface area (Å²) in [4.78, 5) is 34.1. The maximum Gasteiger partial charge on any atom is 0.332 e. The second kappa shape index (κ2) is 8.02. The predicted molar refractivity (Wildman–Crippen MR) is 121 cm³/mol. The Morgan fingerprint density at radius 2 is 1.91 bits per heavy atom. The topological polar surface area (TPSA) is 65.2 Å². The minimum atomic E-state index is -0.451. The molecule has 0 aliphatic carbocycles. The monoisotopic (exact) mass is 451 g/mol. The quantitative estimate of drug-likeness (QED) is 0.661. The van der Waals surface area contributed by atoms with Crippen molar-refractivity contribution in [3.8, 4) is 0 Å². The third-order valence-electron chi connectivity index (χ3n) is 6.55. The van der Waals surface area contributed by atoms with Gasteiger partial charge in [-0.25, -0.2) is 4.39 Å². The largest absolute Gasteiger partial charge is 0.343 e. The van der Waals surface area contributed by atoms with Gasteiger partial charge in [0.15, 0.2) is 12.4 Å². The number of rotatable bonds is 4. The molecule has 33 heavy (non-hydrogen) atoms. The van der Waals surface area contributed by atoms with E-state index in [0.717, 1.165) is 22.7 Å². The van der Waals surface area contributed by atoms with Crippen molar-refractivity contribution in [2.75, 3.05) is 19.6 Å². The summed E-state index contributed by atoms with van der Waals surface area (Å²) in [6.07, 6.45) is 2.95. The van der Waals surface area contributed by atoms with Gasteiger partial charge in [-0.2, -0.15) is 4.58 Å². The molecule has 4 heterocycles. The van der Waals surface area contributed by atoms with Gasteiger partial charge in [0, 0.05) is 18.7 Å². The third kappa shape index (κ3) is 3.62. The van der Waals surface area contributed by atoms with E-state index < -0.39 is 12.3 Å². The van der Waals surface area contributed by atoms with Gasteiger partial charge in [-0.3, -0.25) is 9.59 Å². The van der Waals surface area contributed by atoms with Gasteiger partial charge >= 0.3 is 11.7 Å². The van der Waals surface area contributed by atoms with Crippen LogP contribution < -0.4 is 0 Å². The third-order valence-corrected chi connectivity index (χ3v) is 6.55. The van der Waals surface area contributed by atoms with E-state index in [-0.39, 0.29) is 29.5 Å².